The van der Waals surface area contributed by atoms with Gasteiger partial charge in [-0.1, -0.05) is 6.07 Å². The number of likely N-dealkylation sites (tertiary alicyclic amines) is 1. The molecule has 0 unspecified atom stereocenters. The zero-order valence-corrected chi connectivity index (χ0v) is 12.4. The summed E-state index contributed by atoms with van der Waals surface area (Å²) in [5.74, 6) is 0.124. The highest BCUT2D eigenvalue weighted by atomic mass is 79.9. The summed E-state index contributed by atoms with van der Waals surface area (Å²) in [5.41, 5.74) is -0.789. The second kappa shape index (κ2) is 6.13. The maximum Gasteiger partial charge on any atom is 0.417 e. The summed E-state index contributed by atoms with van der Waals surface area (Å²) in [5, 5.41) is 8.84. The van der Waals surface area contributed by atoms with Crippen LogP contribution < -0.4 is 4.74 Å². The Hall–Kier alpha value is -1.44. The second-order valence-corrected chi connectivity index (χ2v) is 5.50. The highest BCUT2D eigenvalue weighted by Gasteiger charge is 2.34. The molecule has 0 bridgehead atoms. The molecule has 0 atom stereocenters. The van der Waals surface area contributed by atoms with Crippen LogP contribution in [0.5, 0.6) is 5.75 Å². The summed E-state index contributed by atoms with van der Waals surface area (Å²) in [4.78, 5) is 12.0. The number of ether oxygens (including phenoxy) is 1. The number of alkyl halides is 3. The third-order valence-electron chi connectivity index (χ3n) is 3.27. The molecule has 1 aromatic carbocycles. The lowest BCUT2D eigenvalue weighted by Crippen LogP contribution is -2.41. The number of nitrogens with zero attached hydrogens (tertiary/aromatic N) is 1. The summed E-state index contributed by atoms with van der Waals surface area (Å²) < 4.78 is 43.8. The fourth-order valence-corrected chi connectivity index (χ4v) is 2.75. The summed E-state index contributed by atoms with van der Waals surface area (Å²) in [6.07, 6.45) is -4.83. The molecule has 1 aromatic rings. The van der Waals surface area contributed by atoms with Gasteiger partial charge in [0.2, 0.25) is 0 Å². The molecule has 4 nitrogen and oxygen atoms in total. The lowest BCUT2D eigenvalue weighted by molar-refractivity contribution is -0.138. The van der Waals surface area contributed by atoms with Crippen molar-refractivity contribution >= 4 is 22.0 Å². The summed E-state index contributed by atoms with van der Waals surface area (Å²) in [7, 11) is 0. The van der Waals surface area contributed by atoms with E-state index in [1.165, 1.54) is 17.0 Å². The number of hydrogen-bond donors (Lipinski definition) is 1. The normalized spacial score (nSPS) is 16.9. The minimum absolute atomic E-state index is 0.124. The number of piperidine rings is 1. The van der Waals surface area contributed by atoms with Crippen molar-refractivity contribution in [2.75, 3.05) is 13.1 Å². The Balaban J connectivity index is 2.06. The van der Waals surface area contributed by atoms with E-state index in [0.29, 0.717) is 25.9 Å². The molecule has 0 spiro atoms. The zero-order valence-electron chi connectivity index (χ0n) is 10.9. The first kappa shape index (κ1) is 15.9. The maximum atomic E-state index is 12.8. The van der Waals surface area contributed by atoms with Crippen LogP contribution in [0.2, 0.25) is 0 Å². The molecular weight excluding hydrogens is 355 g/mol. The van der Waals surface area contributed by atoms with Gasteiger partial charge in [0.15, 0.2) is 0 Å². The van der Waals surface area contributed by atoms with Crippen molar-refractivity contribution in [2.45, 2.75) is 25.1 Å². The largest absolute Gasteiger partial charge is 0.489 e. The molecule has 8 heteroatoms. The van der Waals surface area contributed by atoms with Crippen molar-refractivity contribution in [1.29, 1.82) is 0 Å². The fraction of sp³-hybridized carbons (Fsp3) is 0.462. The Morgan fingerprint density at radius 1 is 1.33 bits per heavy atom. The predicted octanol–water partition coefficient (Wildman–Crippen LogP) is 3.99. The van der Waals surface area contributed by atoms with Gasteiger partial charge in [0.25, 0.3) is 0 Å². The van der Waals surface area contributed by atoms with Gasteiger partial charge in [-0.3, -0.25) is 0 Å². The number of carboxylic acid groups (broad SMARTS) is 1. The van der Waals surface area contributed by atoms with Crippen LogP contribution in [0.1, 0.15) is 18.4 Å². The van der Waals surface area contributed by atoms with Crippen LogP contribution in [0.3, 0.4) is 0 Å². The first-order chi connectivity index (χ1) is 9.79. The summed E-state index contributed by atoms with van der Waals surface area (Å²) in [6.45, 7) is 0.632. The first-order valence-electron chi connectivity index (χ1n) is 6.29. The Morgan fingerprint density at radius 3 is 2.48 bits per heavy atom. The van der Waals surface area contributed by atoms with Gasteiger partial charge in [-0.2, -0.15) is 13.2 Å². The molecule has 1 saturated heterocycles. The van der Waals surface area contributed by atoms with Crippen LogP contribution in [0.25, 0.3) is 0 Å². The predicted molar refractivity (Wildman–Crippen MR) is 72.4 cm³/mol. The van der Waals surface area contributed by atoms with Gasteiger partial charge in [0.1, 0.15) is 11.9 Å². The molecule has 0 radical (unpaired) electrons. The van der Waals surface area contributed by atoms with Crippen LogP contribution in [0.4, 0.5) is 18.0 Å². The van der Waals surface area contributed by atoms with Crippen molar-refractivity contribution in [1.82, 2.24) is 4.90 Å². The van der Waals surface area contributed by atoms with Crippen LogP contribution in [-0.4, -0.2) is 35.3 Å². The monoisotopic (exact) mass is 367 g/mol. The SMILES string of the molecule is O=C(O)N1CCC(Oc2cccc(C(F)(F)F)c2Br)CC1. The molecule has 0 aromatic heterocycles. The third-order valence-corrected chi connectivity index (χ3v) is 4.09. The number of hydrogen-bond acceptors (Lipinski definition) is 2. The van der Waals surface area contributed by atoms with Crippen LogP contribution >= 0.6 is 15.9 Å². The highest BCUT2D eigenvalue weighted by molar-refractivity contribution is 9.10. The third kappa shape index (κ3) is 3.81. The van der Waals surface area contributed by atoms with Crippen molar-refractivity contribution in [3.8, 4) is 5.75 Å². The van der Waals surface area contributed by atoms with E-state index in [2.05, 4.69) is 15.9 Å². The molecule has 1 heterocycles. The van der Waals surface area contributed by atoms with E-state index >= 15 is 0 Å². The van der Waals surface area contributed by atoms with Crippen LogP contribution in [-0.2, 0) is 6.18 Å². The van der Waals surface area contributed by atoms with E-state index in [9.17, 15) is 18.0 Å². The number of benzene rings is 1. The second-order valence-electron chi connectivity index (χ2n) is 4.70. The molecule has 116 valence electrons. The van der Waals surface area contributed by atoms with Gasteiger partial charge in [-0.15, -0.1) is 0 Å². The minimum Gasteiger partial charge on any atom is -0.489 e. The number of halogens is 4. The van der Waals surface area contributed by atoms with E-state index in [1.54, 1.807) is 0 Å². The van der Waals surface area contributed by atoms with E-state index in [4.69, 9.17) is 9.84 Å². The Kier molecular flexibility index (Phi) is 4.65. The first-order valence-corrected chi connectivity index (χ1v) is 7.08. The molecule has 1 N–H and O–H groups in total. The molecule has 1 amide bonds. The molecule has 0 aliphatic carbocycles. The van der Waals surface area contributed by atoms with Gasteiger partial charge < -0.3 is 14.7 Å². The average molecular weight is 368 g/mol. The molecule has 2 rings (SSSR count). The lowest BCUT2D eigenvalue weighted by Gasteiger charge is -2.30. The van der Waals surface area contributed by atoms with Gasteiger partial charge >= 0.3 is 12.3 Å². The van der Waals surface area contributed by atoms with E-state index in [0.717, 1.165) is 6.07 Å². The van der Waals surface area contributed by atoms with E-state index < -0.39 is 17.8 Å². The number of rotatable bonds is 2. The van der Waals surface area contributed by atoms with Crippen LogP contribution in [0.15, 0.2) is 22.7 Å². The Labute approximate surface area is 127 Å². The standard InChI is InChI=1S/C13H13BrF3NO3/c14-11-9(13(15,16)17)2-1-3-10(11)21-8-4-6-18(7-5-8)12(19)20/h1-3,8H,4-7H2,(H,19,20). The van der Waals surface area contributed by atoms with Gasteiger partial charge in [-0.25, -0.2) is 4.79 Å². The summed E-state index contributed by atoms with van der Waals surface area (Å²) >= 11 is 2.93. The van der Waals surface area contributed by atoms with Gasteiger partial charge in [-0.05, 0) is 28.1 Å². The van der Waals surface area contributed by atoms with Crippen LogP contribution in [0, 0.1) is 0 Å². The molecule has 21 heavy (non-hydrogen) atoms. The number of carbonyl (C=O) groups is 1. The maximum absolute atomic E-state index is 12.8. The van der Waals surface area contributed by atoms with Crippen molar-refractivity contribution in [3.05, 3.63) is 28.2 Å². The molecule has 1 aliphatic heterocycles. The Morgan fingerprint density at radius 2 is 1.95 bits per heavy atom. The fourth-order valence-electron chi connectivity index (χ4n) is 2.17. The molecular formula is C13H13BrF3NO3. The van der Waals surface area contributed by atoms with Gasteiger partial charge in [0, 0.05) is 25.9 Å². The average Bonchev–Trinajstić information content (AvgIpc) is 2.40. The lowest BCUT2D eigenvalue weighted by atomic mass is 10.1. The highest BCUT2D eigenvalue weighted by Crippen LogP contribution is 2.40. The molecule has 1 fully saturated rings. The van der Waals surface area contributed by atoms with Crippen molar-refractivity contribution in [3.63, 3.8) is 0 Å². The quantitative estimate of drug-likeness (QED) is 0.859. The van der Waals surface area contributed by atoms with Crippen molar-refractivity contribution < 1.29 is 27.8 Å². The van der Waals surface area contributed by atoms with E-state index in [-0.39, 0.29) is 16.3 Å². The number of amides is 1. The zero-order chi connectivity index (χ0) is 15.6. The molecule has 1 aliphatic rings. The van der Waals surface area contributed by atoms with Crippen molar-refractivity contribution in [2.24, 2.45) is 0 Å². The van der Waals surface area contributed by atoms with Gasteiger partial charge in [0.05, 0.1) is 10.0 Å². The summed E-state index contributed by atoms with van der Waals surface area (Å²) in [6, 6.07) is 3.72. The topological polar surface area (TPSA) is 49.8 Å². The van der Waals surface area contributed by atoms with E-state index in [1.807, 2.05) is 0 Å². The Bertz CT molecular complexity index is 528. The minimum atomic E-state index is -4.45. The smallest absolute Gasteiger partial charge is 0.417 e. The molecule has 0 saturated carbocycles.